The molecule has 0 aliphatic carbocycles. The third-order valence-corrected chi connectivity index (χ3v) is 2.35. The highest BCUT2D eigenvalue weighted by atomic mass is 16.1. The number of hydrogen-bond acceptors (Lipinski definition) is 4. The lowest BCUT2D eigenvalue weighted by Gasteiger charge is -2.20. The van der Waals surface area contributed by atoms with Crippen LogP contribution in [0.4, 0.5) is 0 Å². The first-order valence-electron chi connectivity index (χ1n) is 4.93. The molecule has 0 radical (unpaired) electrons. The predicted octanol–water partition coefficient (Wildman–Crippen LogP) is 1.17. The molecule has 0 aliphatic heterocycles. The molecular weight excluding hydrogens is 180 g/mol. The zero-order valence-electron chi connectivity index (χ0n) is 8.68. The Labute approximate surface area is 83.5 Å². The van der Waals surface area contributed by atoms with E-state index in [1.165, 1.54) is 11.1 Å². The van der Waals surface area contributed by atoms with E-state index in [1.54, 1.807) is 0 Å². The van der Waals surface area contributed by atoms with Crippen LogP contribution < -0.4 is 0 Å². The van der Waals surface area contributed by atoms with E-state index in [4.69, 9.17) is 0 Å². The Morgan fingerprint density at radius 1 is 1.50 bits per heavy atom. The summed E-state index contributed by atoms with van der Waals surface area (Å²) in [5.74, 6) is 0. The first-order valence-corrected chi connectivity index (χ1v) is 4.93. The van der Waals surface area contributed by atoms with E-state index in [9.17, 15) is 4.79 Å². The second kappa shape index (κ2) is 4.83. The molecular formula is C9H16N4O. The summed E-state index contributed by atoms with van der Waals surface area (Å²) in [6.07, 6.45) is 6.28. The van der Waals surface area contributed by atoms with Gasteiger partial charge >= 0.3 is 0 Å². The topological polar surface area (TPSA) is 60.7 Å². The van der Waals surface area contributed by atoms with E-state index in [1.807, 2.05) is 6.92 Å². The quantitative estimate of drug-likeness (QED) is 0.506. The van der Waals surface area contributed by atoms with Gasteiger partial charge in [0.05, 0.1) is 0 Å². The zero-order chi connectivity index (χ0) is 10.4. The average molecular weight is 196 g/mol. The molecule has 0 aliphatic rings. The molecule has 1 rings (SSSR count). The maximum atomic E-state index is 11.0. The Morgan fingerprint density at radius 2 is 2.29 bits per heavy atom. The third-order valence-electron chi connectivity index (χ3n) is 2.35. The van der Waals surface area contributed by atoms with E-state index in [0.717, 1.165) is 32.0 Å². The van der Waals surface area contributed by atoms with Crippen molar-refractivity contribution in [2.24, 2.45) is 0 Å². The number of aromatic nitrogens is 4. The van der Waals surface area contributed by atoms with Crippen molar-refractivity contribution in [2.75, 3.05) is 0 Å². The van der Waals surface area contributed by atoms with Crippen molar-refractivity contribution in [1.29, 1.82) is 0 Å². The number of unbranched alkanes of at least 4 members (excludes halogenated alkanes) is 2. The number of hydrogen-bond donors (Lipinski definition) is 0. The summed E-state index contributed by atoms with van der Waals surface area (Å²) in [5, 5.41) is 11.3. The van der Waals surface area contributed by atoms with Gasteiger partial charge in [-0.1, -0.05) is 26.2 Å². The summed E-state index contributed by atoms with van der Waals surface area (Å²) in [5.41, 5.74) is -0.633. The largest absolute Gasteiger partial charge is 0.301 e. The van der Waals surface area contributed by atoms with Crippen LogP contribution in [0.2, 0.25) is 0 Å². The summed E-state index contributed by atoms with van der Waals surface area (Å²) >= 11 is 0. The van der Waals surface area contributed by atoms with Crippen molar-refractivity contribution < 1.29 is 4.79 Å². The fourth-order valence-electron chi connectivity index (χ4n) is 1.34. The smallest absolute Gasteiger partial charge is 0.162 e. The van der Waals surface area contributed by atoms with Gasteiger partial charge in [-0.05, 0) is 18.6 Å². The summed E-state index contributed by atoms with van der Waals surface area (Å²) in [4.78, 5) is 12.4. The molecule has 78 valence electrons. The minimum absolute atomic E-state index is 0.633. The SMILES string of the molecule is CCCCCC(C)(C=O)n1ncnn1. The number of aldehydes is 1. The van der Waals surface area contributed by atoms with E-state index in [0.29, 0.717) is 0 Å². The molecule has 1 heterocycles. The number of tetrazole rings is 1. The molecule has 0 N–H and O–H groups in total. The fraction of sp³-hybridized carbons (Fsp3) is 0.778. The number of nitrogens with zero attached hydrogens (tertiary/aromatic N) is 4. The molecule has 0 saturated carbocycles. The van der Waals surface area contributed by atoms with Gasteiger partial charge in [-0.15, -0.1) is 10.2 Å². The first kappa shape index (κ1) is 10.8. The van der Waals surface area contributed by atoms with Crippen LogP contribution in [-0.4, -0.2) is 26.5 Å². The Balaban J connectivity index is 2.62. The van der Waals surface area contributed by atoms with Crippen LogP contribution >= 0.6 is 0 Å². The molecule has 0 fully saturated rings. The highest BCUT2D eigenvalue weighted by Crippen LogP contribution is 2.18. The highest BCUT2D eigenvalue weighted by molar-refractivity contribution is 5.60. The molecule has 0 bridgehead atoms. The van der Waals surface area contributed by atoms with Gasteiger partial charge in [-0.3, -0.25) is 0 Å². The van der Waals surface area contributed by atoms with Crippen molar-refractivity contribution in [3.8, 4) is 0 Å². The fourth-order valence-corrected chi connectivity index (χ4v) is 1.34. The van der Waals surface area contributed by atoms with Gasteiger partial charge in [0.1, 0.15) is 11.8 Å². The van der Waals surface area contributed by atoms with Gasteiger partial charge in [0.2, 0.25) is 0 Å². The van der Waals surface area contributed by atoms with Gasteiger partial charge in [-0.2, -0.15) is 4.80 Å². The van der Waals surface area contributed by atoms with Gasteiger partial charge in [0, 0.05) is 0 Å². The molecule has 1 aromatic heterocycles. The van der Waals surface area contributed by atoms with Crippen LogP contribution in [0.1, 0.15) is 39.5 Å². The van der Waals surface area contributed by atoms with Crippen molar-refractivity contribution in [3.05, 3.63) is 6.33 Å². The molecule has 1 atom stereocenters. The van der Waals surface area contributed by atoms with Crippen LogP contribution in [0.3, 0.4) is 0 Å². The monoisotopic (exact) mass is 196 g/mol. The number of carbonyl (C=O) groups is 1. The lowest BCUT2D eigenvalue weighted by Crippen LogP contribution is -2.34. The summed E-state index contributed by atoms with van der Waals surface area (Å²) < 4.78 is 0. The Hall–Kier alpha value is -1.26. The first-order chi connectivity index (χ1) is 6.73. The Morgan fingerprint density at radius 3 is 2.79 bits per heavy atom. The molecule has 0 aromatic carbocycles. The minimum Gasteiger partial charge on any atom is -0.301 e. The summed E-state index contributed by atoms with van der Waals surface area (Å²) in [6.45, 7) is 3.96. The lowest BCUT2D eigenvalue weighted by molar-refractivity contribution is -0.116. The van der Waals surface area contributed by atoms with Gasteiger partial charge in [-0.25, -0.2) is 0 Å². The van der Waals surface area contributed by atoms with E-state index in [2.05, 4.69) is 22.3 Å². The molecule has 1 aromatic rings. The summed E-state index contributed by atoms with van der Waals surface area (Å²) in [7, 11) is 0. The van der Waals surface area contributed by atoms with Gasteiger partial charge < -0.3 is 4.79 Å². The van der Waals surface area contributed by atoms with E-state index >= 15 is 0 Å². The van der Waals surface area contributed by atoms with Gasteiger partial charge in [0.15, 0.2) is 6.33 Å². The molecule has 0 saturated heterocycles. The maximum Gasteiger partial charge on any atom is 0.162 e. The number of carbonyl (C=O) groups excluding carboxylic acids is 1. The maximum absolute atomic E-state index is 11.0. The van der Waals surface area contributed by atoms with E-state index in [-0.39, 0.29) is 0 Å². The second-order valence-corrected chi connectivity index (χ2v) is 3.66. The molecule has 5 nitrogen and oxygen atoms in total. The van der Waals surface area contributed by atoms with Crippen molar-refractivity contribution >= 4 is 6.29 Å². The molecule has 1 unspecified atom stereocenters. The standard InChI is InChI=1S/C9H16N4O/c1-3-4-5-6-9(2,7-14)13-11-8-10-12-13/h7-8H,3-6H2,1-2H3. The van der Waals surface area contributed by atoms with Crippen LogP contribution in [-0.2, 0) is 10.3 Å². The zero-order valence-corrected chi connectivity index (χ0v) is 8.68. The van der Waals surface area contributed by atoms with Crippen molar-refractivity contribution in [2.45, 2.75) is 45.1 Å². The molecule has 0 spiro atoms. The Kier molecular flexibility index (Phi) is 3.73. The number of rotatable bonds is 6. The average Bonchev–Trinajstić information content (AvgIpc) is 2.71. The highest BCUT2D eigenvalue weighted by Gasteiger charge is 2.27. The molecule has 5 heteroatoms. The summed E-state index contributed by atoms with van der Waals surface area (Å²) in [6, 6.07) is 0. The van der Waals surface area contributed by atoms with Crippen LogP contribution in [0.25, 0.3) is 0 Å². The third kappa shape index (κ3) is 2.37. The van der Waals surface area contributed by atoms with Crippen molar-refractivity contribution in [3.63, 3.8) is 0 Å². The van der Waals surface area contributed by atoms with Crippen molar-refractivity contribution in [1.82, 2.24) is 20.2 Å². The lowest BCUT2D eigenvalue weighted by atomic mass is 9.97. The van der Waals surface area contributed by atoms with Crippen LogP contribution in [0.5, 0.6) is 0 Å². The Bertz CT molecular complexity index is 272. The van der Waals surface area contributed by atoms with Crippen LogP contribution in [0, 0.1) is 0 Å². The molecule has 0 amide bonds. The predicted molar refractivity (Wildman–Crippen MR) is 51.7 cm³/mol. The van der Waals surface area contributed by atoms with E-state index < -0.39 is 5.54 Å². The van der Waals surface area contributed by atoms with Crippen LogP contribution in [0.15, 0.2) is 6.33 Å². The molecule has 14 heavy (non-hydrogen) atoms. The minimum atomic E-state index is -0.633. The second-order valence-electron chi connectivity index (χ2n) is 3.66. The normalized spacial score (nSPS) is 15.0. The van der Waals surface area contributed by atoms with Gasteiger partial charge in [0.25, 0.3) is 0 Å².